The van der Waals surface area contributed by atoms with Crippen molar-refractivity contribution < 1.29 is 14.3 Å². The van der Waals surface area contributed by atoms with Gasteiger partial charge >= 0.3 is 0 Å². The van der Waals surface area contributed by atoms with E-state index in [1.807, 2.05) is 32.9 Å². The number of rotatable bonds is 1. The first-order valence-electron chi connectivity index (χ1n) is 7.00. The Morgan fingerprint density at radius 3 is 2.57 bits per heavy atom. The van der Waals surface area contributed by atoms with Crippen molar-refractivity contribution in [3.05, 3.63) is 46.4 Å². The minimum Gasteiger partial charge on any atom is -0.466 e. The van der Waals surface area contributed by atoms with E-state index in [0.717, 1.165) is 22.6 Å². The van der Waals surface area contributed by atoms with Gasteiger partial charge in [-0.15, -0.1) is 0 Å². The number of anilines is 1. The lowest BCUT2D eigenvalue weighted by molar-refractivity contribution is -0.115. The third-order valence-electron chi connectivity index (χ3n) is 3.80. The molecule has 2 heterocycles. The van der Waals surface area contributed by atoms with Crippen LogP contribution in [0.5, 0.6) is 5.75 Å². The number of hydrogen-bond donors (Lipinski definition) is 1. The van der Waals surface area contributed by atoms with Crippen LogP contribution in [0.3, 0.4) is 0 Å². The highest BCUT2D eigenvalue weighted by Gasteiger charge is 2.47. The highest BCUT2D eigenvalue weighted by Crippen LogP contribution is 2.46. The first-order chi connectivity index (χ1) is 9.82. The van der Waals surface area contributed by atoms with Crippen LogP contribution in [0.4, 0.5) is 5.69 Å². The smallest absolute Gasteiger partial charge is 0.237 e. The number of ether oxygens (including phenoxy) is 2. The summed E-state index contributed by atoms with van der Waals surface area (Å²) in [5.74, 6) is 2.02. The Balaban J connectivity index is 2.16. The Kier molecular flexibility index (Phi) is 2.87. The van der Waals surface area contributed by atoms with Crippen LogP contribution in [0, 0.1) is 13.8 Å². The topological polar surface area (TPSA) is 47.6 Å². The summed E-state index contributed by atoms with van der Waals surface area (Å²) >= 11 is 0. The van der Waals surface area contributed by atoms with E-state index in [1.165, 1.54) is 6.92 Å². The molecule has 1 N–H and O–H groups in total. The molecule has 3 rings (SSSR count). The van der Waals surface area contributed by atoms with Gasteiger partial charge in [-0.25, -0.2) is 0 Å². The van der Waals surface area contributed by atoms with Gasteiger partial charge in [-0.2, -0.15) is 0 Å². The van der Waals surface area contributed by atoms with Crippen LogP contribution in [0.25, 0.3) is 0 Å². The quantitative estimate of drug-likeness (QED) is 0.856. The van der Waals surface area contributed by atoms with Gasteiger partial charge in [0.25, 0.3) is 0 Å². The van der Waals surface area contributed by atoms with Crippen molar-refractivity contribution >= 4 is 11.5 Å². The van der Waals surface area contributed by atoms with Gasteiger partial charge in [-0.05, 0) is 51.8 Å². The van der Waals surface area contributed by atoms with Gasteiger partial charge in [0.1, 0.15) is 22.8 Å². The van der Waals surface area contributed by atoms with E-state index in [2.05, 4.69) is 11.4 Å². The van der Waals surface area contributed by atoms with Gasteiger partial charge in [0, 0.05) is 6.08 Å². The Morgan fingerprint density at radius 1 is 1.19 bits per heavy atom. The molecule has 0 saturated carbocycles. The van der Waals surface area contributed by atoms with Gasteiger partial charge in [-0.3, -0.25) is 4.79 Å². The number of Topliss-reactive ketones (excluding diaryl/α,β-unsaturated/α-hetero) is 1. The molecule has 4 nitrogen and oxygen atoms in total. The predicted octanol–water partition coefficient (Wildman–Crippen LogP) is 3.60. The number of nitrogens with one attached hydrogen (secondary N) is 1. The number of carbonyl (C=O) groups excluding carboxylic acids is 1. The normalized spacial score (nSPS) is 23.2. The number of aryl methyl sites for hydroxylation is 2. The van der Waals surface area contributed by atoms with Gasteiger partial charge in [0.15, 0.2) is 5.78 Å². The summed E-state index contributed by atoms with van der Waals surface area (Å²) in [5, 5.41) is 3.37. The second-order valence-electron chi connectivity index (χ2n) is 5.77. The lowest BCUT2D eigenvalue weighted by Crippen LogP contribution is -2.45. The SMILES string of the molecule is CC(=O)C1=C(C)OC(C)=CC12Nc1cc(C)cc(C)c1O2. The molecule has 1 atom stereocenters. The number of carbonyl (C=O) groups is 1. The number of benzene rings is 1. The molecule has 4 heteroatoms. The molecule has 1 aromatic rings. The molecular weight excluding hydrogens is 266 g/mol. The maximum absolute atomic E-state index is 12.1. The molecule has 2 aliphatic rings. The van der Waals surface area contributed by atoms with Crippen LogP contribution in [0.2, 0.25) is 0 Å². The summed E-state index contributed by atoms with van der Waals surface area (Å²) in [4.78, 5) is 12.1. The van der Waals surface area contributed by atoms with Crippen LogP contribution in [0.15, 0.2) is 35.3 Å². The number of hydrogen-bond acceptors (Lipinski definition) is 4. The molecule has 1 unspecified atom stereocenters. The summed E-state index contributed by atoms with van der Waals surface area (Å²) in [6, 6.07) is 4.10. The Hall–Kier alpha value is -2.23. The lowest BCUT2D eigenvalue weighted by atomic mass is 9.95. The molecule has 0 amide bonds. The van der Waals surface area contributed by atoms with E-state index in [1.54, 1.807) is 6.92 Å². The molecule has 0 aromatic heterocycles. The third kappa shape index (κ3) is 2.02. The zero-order chi connectivity index (χ0) is 15.4. The molecule has 1 spiro atoms. The molecule has 0 radical (unpaired) electrons. The molecule has 0 saturated heterocycles. The molecule has 110 valence electrons. The fourth-order valence-electron chi connectivity index (χ4n) is 3.20. The summed E-state index contributed by atoms with van der Waals surface area (Å²) in [6.07, 6.45) is 1.82. The van der Waals surface area contributed by atoms with Crippen molar-refractivity contribution in [2.24, 2.45) is 0 Å². The van der Waals surface area contributed by atoms with Gasteiger partial charge in [0.2, 0.25) is 5.72 Å². The third-order valence-corrected chi connectivity index (χ3v) is 3.80. The summed E-state index contributed by atoms with van der Waals surface area (Å²) in [7, 11) is 0. The molecule has 21 heavy (non-hydrogen) atoms. The Labute approximate surface area is 124 Å². The minimum absolute atomic E-state index is 0.0640. The van der Waals surface area contributed by atoms with Crippen molar-refractivity contribution in [2.75, 3.05) is 5.32 Å². The van der Waals surface area contributed by atoms with Gasteiger partial charge in [0.05, 0.1) is 5.69 Å². The van der Waals surface area contributed by atoms with E-state index in [9.17, 15) is 4.79 Å². The highest BCUT2D eigenvalue weighted by molar-refractivity contribution is 5.98. The number of fused-ring (bicyclic) bond motifs is 1. The fourth-order valence-corrected chi connectivity index (χ4v) is 3.20. The van der Waals surface area contributed by atoms with Crippen molar-refractivity contribution in [1.82, 2.24) is 0 Å². The number of allylic oxidation sites excluding steroid dienone is 2. The lowest BCUT2D eigenvalue weighted by Gasteiger charge is -2.32. The molecule has 0 bridgehead atoms. The van der Waals surface area contributed by atoms with E-state index in [4.69, 9.17) is 9.47 Å². The van der Waals surface area contributed by atoms with E-state index in [0.29, 0.717) is 17.1 Å². The monoisotopic (exact) mass is 285 g/mol. The zero-order valence-corrected chi connectivity index (χ0v) is 13.0. The Morgan fingerprint density at radius 2 is 1.90 bits per heavy atom. The predicted molar refractivity (Wildman–Crippen MR) is 81.1 cm³/mol. The zero-order valence-electron chi connectivity index (χ0n) is 13.0. The second-order valence-corrected chi connectivity index (χ2v) is 5.77. The van der Waals surface area contributed by atoms with E-state index >= 15 is 0 Å². The molecule has 2 aliphatic heterocycles. The van der Waals surface area contributed by atoms with Crippen LogP contribution in [-0.2, 0) is 9.53 Å². The molecule has 0 aliphatic carbocycles. The fraction of sp³-hybridized carbons (Fsp3) is 0.353. The van der Waals surface area contributed by atoms with Crippen LogP contribution in [-0.4, -0.2) is 11.5 Å². The second kappa shape index (κ2) is 4.38. The van der Waals surface area contributed by atoms with Crippen molar-refractivity contribution in [2.45, 2.75) is 40.3 Å². The van der Waals surface area contributed by atoms with Crippen molar-refractivity contribution in [3.63, 3.8) is 0 Å². The van der Waals surface area contributed by atoms with Crippen LogP contribution in [0.1, 0.15) is 31.9 Å². The average Bonchev–Trinajstić information content (AvgIpc) is 2.65. The first kappa shape index (κ1) is 13.7. The highest BCUT2D eigenvalue weighted by atomic mass is 16.5. The maximum Gasteiger partial charge on any atom is 0.237 e. The molecular formula is C17H19NO3. The standard InChI is InChI=1S/C17H19NO3/c1-9-6-10(2)16-14(7-9)18-17(21-16)8-11(3)20-13(5)15(17)12(4)19/h6-8,18H,1-5H3. The number of ketones is 1. The largest absolute Gasteiger partial charge is 0.466 e. The average molecular weight is 285 g/mol. The molecule has 1 aromatic carbocycles. The summed E-state index contributed by atoms with van der Waals surface area (Å²) < 4.78 is 11.8. The van der Waals surface area contributed by atoms with E-state index < -0.39 is 5.72 Å². The summed E-state index contributed by atoms with van der Waals surface area (Å²) in [6.45, 7) is 9.23. The summed E-state index contributed by atoms with van der Waals surface area (Å²) in [5.41, 5.74) is 2.66. The minimum atomic E-state index is -0.959. The molecule has 0 fully saturated rings. The van der Waals surface area contributed by atoms with Crippen molar-refractivity contribution in [1.29, 1.82) is 0 Å². The van der Waals surface area contributed by atoms with Gasteiger partial charge in [-0.1, -0.05) is 6.07 Å². The van der Waals surface area contributed by atoms with Gasteiger partial charge < -0.3 is 14.8 Å². The first-order valence-corrected chi connectivity index (χ1v) is 7.00. The van der Waals surface area contributed by atoms with Crippen molar-refractivity contribution in [3.8, 4) is 5.75 Å². The Bertz CT molecular complexity index is 715. The van der Waals surface area contributed by atoms with E-state index in [-0.39, 0.29) is 5.78 Å². The maximum atomic E-state index is 12.1. The van der Waals surface area contributed by atoms with Crippen LogP contribution < -0.4 is 10.1 Å². The van der Waals surface area contributed by atoms with Crippen LogP contribution >= 0.6 is 0 Å².